The maximum atomic E-state index is 11.8. The molecule has 21 heavy (non-hydrogen) atoms. The van der Waals surface area contributed by atoms with Gasteiger partial charge < -0.3 is 4.74 Å². The molecule has 0 bridgehead atoms. The first-order valence-corrected chi connectivity index (χ1v) is 8.81. The van der Waals surface area contributed by atoms with E-state index in [-0.39, 0.29) is 12.5 Å². The van der Waals surface area contributed by atoms with Gasteiger partial charge in [-0.25, -0.2) is 0 Å². The molecule has 1 heterocycles. The summed E-state index contributed by atoms with van der Waals surface area (Å²) in [6.07, 6.45) is 1.79. The molecular weight excluding hydrogens is 421 g/mol. The first-order chi connectivity index (χ1) is 10.2. The minimum atomic E-state index is -0.259. The molecule has 0 fully saturated rings. The fourth-order valence-corrected chi connectivity index (χ4v) is 3.17. The van der Waals surface area contributed by atoms with Crippen LogP contribution in [-0.4, -0.2) is 28.5 Å². The van der Waals surface area contributed by atoms with Gasteiger partial charge in [0.15, 0.2) is 10.9 Å². The predicted octanol–water partition coefficient (Wildman–Crippen LogP) is 3.44. The molecule has 0 saturated carbocycles. The summed E-state index contributed by atoms with van der Waals surface area (Å²) >= 11 is 5.06. The van der Waals surface area contributed by atoms with Gasteiger partial charge in [0.2, 0.25) is 5.13 Å². The molecule has 0 unspecified atom stereocenters. The maximum Gasteiger partial charge on any atom is 0.264 e. The van der Waals surface area contributed by atoms with E-state index >= 15 is 0 Å². The third-order valence-corrected chi connectivity index (χ3v) is 4.85. The summed E-state index contributed by atoms with van der Waals surface area (Å²) in [6.45, 7) is 3.58. The summed E-state index contributed by atoms with van der Waals surface area (Å²) in [6, 6.07) is 7.48. The number of aromatic nitrogens is 2. The van der Waals surface area contributed by atoms with Crippen LogP contribution in [0, 0.1) is 3.57 Å². The van der Waals surface area contributed by atoms with Gasteiger partial charge in [-0.2, -0.15) is 0 Å². The third-order valence-electron chi connectivity index (χ3n) is 2.16. The summed E-state index contributed by atoms with van der Waals surface area (Å²) in [5, 5.41) is 11.0. The first-order valence-electron chi connectivity index (χ1n) is 5.93. The van der Waals surface area contributed by atoms with E-state index in [0.29, 0.717) is 10.9 Å². The van der Waals surface area contributed by atoms with Gasteiger partial charge in [0.1, 0.15) is 5.75 Å². The number of ether oxygens (including phenoxy) is 1. The molecule has 0 spiro atoms. The van der Waals surface area contributed by atoms with E-state index in [1.54, 1.807) is 6.08 Å². The fourth-order valence-electron chi connectivity index (χ4n) is 1.28. The number of rotatable bonds is 7. The van der Waals surface area contributed by atoms with Crippen molar-refractivity contribution in [2.24, 2.45) is 0 Å². The second-order valence-electron chi connectivity index (χ2n) is 3.76. The second kappa shape index (κ2) is 8.35. The molecule has 1 aromatic heterocycles. The van der Waals surface area contributed by atoms with Gasteiger partial charge in [-0.05, 0) is 46.9 Å². The van der Waals surface area contributed by atoms with Gasteiger partial charge in [-0.3, -0.25) is 10.1 Å². The van der Waals surface area contributed by atoms with Gasteiger partial charge in [-0.1, -0.05) is 29.2 Å². The first kappa shape index (κ1) is 16.2. The van der Waals surface area contributed by atoms with E-state index in [4.69, 9.17) is 4.74 Å². The Hall–Kier alpha value is -1.13. The largest absolute Gasteiger partial charge is 0.484 e. The van der Waals surface area contributed by atoms with Crippen molar-refractivity contribution in [3.05, 3.63) is 40.5 Å². The lowest BCUT2D eigenvalue weighted by molar-refractivity contribution is -0.118. The van der Waals surface area contributed by atoms with Gasteiger partial charge in [0.05, 0.1) is 0 Å². The SMILES string of the molecule is C=CCSc1nnc(NC(=O)COc2ccc(I)cc2)s1. The van der Waals surface area contributed by atoms with Crippen LogP contribution in [0.5, 0.6) is 5.75 Å². The average molecular weight is 433 g/mol. The molecule has 0 aliphatic heterocycles. The molecule has 0 radical (unpaired) electrons. The number of hydrogen-bond acceptors (Lipinski definition) is 6. The monoisotopic (exact) mass is 433 g/mol. The number of nitrogens with one attached hydrogen (secondary N) is 1. The van der Waals surface area contributed by atoms with Crippen LogP contribution in [0.2, 0.25) is 0 Å². The summed E-state index contributed by atoms with van der Waals surface area (Å²) < 4.78 is 7.30. The molecule has 2 aromatic rings. The van der Waals surface area contributed by atoms with Crippen LogP contribution < -0.4 is 10.1 Å². The number of carbonyl (C=O) groups excluding carboxylic acids is 1. The van der Waals surface area contributed by atoms with Crippen molar-refractivity contribution in [1.29, 1.82) is 0 Å². The number of benzene rings is 1. The molecule has 0 saturated heterocycles. The molecule has 5 nitrogen and oxygen atoms in total. The minimum absolute atomic E-state index is 0.0602. The van der Waals surface area contributed by atoms with E-state index in [1.807, 2.05) is 24.3 Å². The zero-order valence-electron chi connectivity index (χ0n) is 10.9. The van der Waals surface area contributed by atoms with Crippen LogP contribution >= 0.6 is 45.7 Å². The normalized spacial score (nSPS) is 10.1. The fraction of sp³-hybridized carbons (Fsp3) is 0.154. The minimum Gasteiger partial charge on any atom is -0.484 e. The zero-order chi connectivity index (χ0) is 15.1. The molecule has 0 atom stereocenters. The van der Waals surface area contributed by atoms with Crippen molar-refractivity contribution in [2.75, 3.05) is 17.7 Å². The Balaban J connectivity index is 1.80. The lowest BCUT2D eigenvalue weighted by atomic mass is 10.3. The summed E-state index contributed by atoms with van der Waals surface area (Å²) in [4.78, 5) is 11.8. The highest BCUT2D eigenvalue weighted by molar-refractivity contribution is 14.1. The van der Waals surface area contributed by atoms with Crippen molar-refractivity contribution in [3.63, 3.8) is 0 Å². The van der Waals surface area contributed by atoms with Crippen molar-refractivity contribution in [1.82, 2.24) is 10.2 Å². The van der Waals surface area contributed by atoms with Crippen molar-refractivity contribution < 1.29 is 9.53 Å². The lowest BCUT2D eigenvalue weighted by Crippen LogP contribution is -2.20. The molecule has 0 aliphatic carbocycles. The van der Waals surface area contributed by atoms with E-state index in [0.717, 1.165) is 13.7 Å². The predicted molar refractivity (Wildman–Crippen MR) is 94.1 cm³/mol. The average Bonchev–Trinajstić information content (AvgIpc) is 2.92. The van der Waals surface area contributed by atoms with Crippen LogP contribution in [0.3, 0.4) is 0 Å². The summed E-state index contributed by atoms with van der Waals surface area (Å²) in [5.41, 5.74) is 0. The number of nitrogens with zero attached hydrogens (tertiary/aromatic N) is 2. The molecular formula is C13H12IN3O2S2. The second-order valence-corrected chi connectivity index (χ2v) is 7.25. The number of thioether (sulfide) groups is 1. The Bertz CT molecular complexity index is 616. The Morgan fingerprint density at radius 2 is 2.19 bits per heavy atom. The Kier molecular flexibility index (Phi) is 6.46. The molecule has 2 rings (SSSR count). The van der Waals surface area contributed by atoms with Crippen LogP contribution in [0.1, 0.15) is 0 Å². The van der Waals surface area contributed by atoms with Crippen molar-refractivity contribution in [3.8, 4) is 5.75 Å². The molecule has 110 valence electrons. The number of halogens is 1. The number of anilines is 1. The van der Waals surface area contributed by atoms with Gasteiger partial charge in [0, 0.05) is 9.32 Å². The van der Waals surface area contributed by atoms with Gasteiger partial charge in [-0.15, -0.1) is 16.8 Å². The third kappa shape index (κ3) is 5.64. The molecule has 1 N–H and O–H groups in total. The van der Waals surface area contributed by atoms with Gasteiger partial charge in [0.25, 0.3) is 5.91 Å². The quantitative estimate of drug-likeness (QED) is 0.314. The van der Waals surface area contributed by atoms with Gasteiger partial charge >= 0.3 is 0 Å². The molecule has 1 amide bonds. The zero-order valence-corrected chi connectivity index (χ0v) is 14.7. The number of hydrogen-bond donors (Lipinski definition) is 1. The summed E-state index contributed by atoms with van der Waals surface area (Å²) in [5.74, 6) is 1.16. The standard InChI is InChI=1S/C13H12IN3O2S2/c1-2-7-20-13-17-16-12(21-13)15-11(18)8-19-10-5-3-9(14)4-6-10/h2-6H,1,7-8H2,(H,15,16,18). The molecule has 8 heteroatoms. The summed E-state index contributed by atoms with van der Waals surface area (Å²) in [7, 11) is 0. The van der Waals surface area contributed by atoms with Crippen LogP contribution in [0.4, 0.5) is 5.13 Å². The molecule has 1 aromatic carbocycles. The van der Waals surface area contributed by atoms with Crippen LogP contribution in [0.25, 0.3) is 0 Å². The van der Waals surface area contributed by atoms with E-state index in [2.05, 4.69) is 44.7 Å². The van der Waals surface area contributed by atoms with Crippen LogP contribution in [-0.2, 0) is 4.79 Å². The highest BCUT2D eigenvalue weighted by Gasteiger charge is 2.09. The van der Waals surface area contributed by atoms with E-state index in [1.165, 1.54) is 23.1 Å². The van der Waals surface area contributed by atoms with Crippen molar-refractivity contribution in [2.45, 2.75) is 4.34 Å². The Labute approximate surface area is 144 Å². The lowest BCUT2D eigenvalue weighted by Gasteiger charge is -2.05. The Morgan fingerprint density at radius 1 is 1.43 bits per heavy atom. The highest BCUT2D eigenvalue weighted by atomic mass is 127. The van der Waals surface area contributed by atoms with E-state index < -0.39 is 0 Å². The Morgan fingerprint density at radius 3 is 2.90 bits per heavy atom. The highest BCUT2D eigenvalue weighted by Crippen LogP contribution is 2.25. The number of amides is 1. The van der Waals surface area contributed by atoms with Crippen molar-refractivity contribution >= 4 is 56.7 Å². The van der Waals surface area contributed by atoms with Crippen LogP contribution in [0.15, 0.2) is 41.3 Å². The maximum absolute atomic E-state index is 11.8. The number of carbonyl (C=O) groups is 1. The molecule has 0 aliphatic rings. The topological polar surface area (TPSA) is 64.1 Å². The van der Waals surface area contributed by atoms with E-state index in [9.17, 15) is 4.79 Å². The smallest absolute Gasteiger partial charge is 0.264 e.